The van der Waals surface area contributed by atoms with E-state index in [-0.39, 0.29) is 24.3 Å². The molecule has 198 valence electrons. The number of carbonyl (C=O) groups is 2. The second-order valence-electron chi connectivity index (χ2n) is 8.96. The van der Waals surface area contributed by atoms with E-state index >= 15 is 0 Å². The van der Waals surface area contributed by atoms with E-state index in [4.69, 9.17) is 4.74 Å². The summed E-state index contributed by atoms with van der Waals surface area (Å²) in [5.74, 6) is -0.879. The highest BCUT2D eigenvalue weighted by Crippen LogP contribution is 2.29. The van der Waals surface area contributed by atoms with Gasteiger partial charge in [0.15, 0.2) is 0 Å². The Balaban J connectivity index is 1.62. The summed E-state index contributed by atoms with van der Waals surface area (Å²) in [6.45, 7) is 1.85. The van der Waals surface area contributed by atoms with Crippen LogP contribution in [0.5, 0.6) is 0 Å². The summed E-state index contributed by atoms with van der Waals surface area (Å²) in [7, 11) is 2.98. The first-order valence-electron chi connectivity index (χ1n) is 11.8. The second kappa shape index (κ2) is 11.4. The third-order valence-electron chi connectivity index (χ3n) is 6.09. The molecule has 0 fully saturated rings. The number of carbonyl (C=O) groups excluding carboxylic acids is 2. The molecule has 3 amide bonds. The van der Waals surface area contributed by atoms with Crippen LogP contribution in [-0.2, 0) is 16.1 Å². The first-order valence-corrected chi connectivity index (χ1v) is 11.8. The number of aliphatic hydroxyl groups is 1. The van der Waals surface area contributed by atoms with Crippen molar-refractivity contribution in [2.45, 2.75) is 25.6 Å². The Hall–Kier alpha value is -4.35. The Morgan fingerprint density at radius 1 is 1.18 bits per heavy atom. The van der Waals surface area contributed by atoms with Crippen LogP contribution in [0, 0.1) is 12.7 Å². The number of anilines is 1. The van der Waals surface area contributed by atoms with Crippen molar-refractivity contribution < 1.29 is 23.8 Å². The van der Waals surface area contributed by atoms with Crippen molar-refractivity contribution in [1.82, 2.24) is 20.0 Å². The van der Waals surface area contributed by atoms with Gasteiger partial charge in [-0.1, -0.05) is 24.3 Å². The zero-order valence-electron chi connectivity index (χ0n) is 21.1. The van der Waals surface area contributed by atoms with Crippen LogP contribution in [0.25, 0.3) is 11.3 Å². The number of nitrogens with zero attached hydrogens (tertiary/aromatic N) is 3. The van der Waals surface area contributed by atoms with Gasteiger partial charge in [-0.15, -0.1) is 0 Å². The van der Waals surface area contributed by atoms with E-state index in [0.29, 0.717) is 22.5 Å². The second-order valence-corrected chi connectivity index (χ2v) is 8.96. The molecule has 3 aromatic rings. The third-order valence-corrected chi connectivity index (χ3v) is 6.09. The molecule has 10 nitrogen and oxygen atoms in total. The molecule has 2 aromatic carbocycles. The molecular formula is C27H28FN5O5. The third kappa shape index (κ3) is 5.96. The number of rotatable bonds is 8. The molecule has 0 radical (unpaired) electrons. The number of aromatic nitrogens is 2. The Labute approximate surface area is 218 Å². The average Bonchev–Trinajstić information content (AvgIpc) is 2.88. The number of hydrogen-bond acceptors (Lipinski definition) is 6. The first kappa shape index (κ1) is 26.7. The molecule has 0 aliphatic carbocycles. The Morgan fingerprint density at radius 3 is 2.63 bits per heavy atom. The van der Waals surface area contributed by atoms with Gasteiger partial charge in [-0.2, -0.15) is 5.10 Å². The van der Waals surface area contributed by atoms with Gasteiger partial charge in [0.25, 0.3) is 11.5 Å². The summed E-state index contributed by atoms with van der Waals surface area (Å²) in [5.41, 5.74) is 2.84. The number of aliphatic hydroxyl groups excluding tert-OH is 1. The minimum absolute atomic E-state index is 0.0336. The number of methoxy groups -OCH3 is 1. The Morgan fingerprint density at radius 2 is 1.92 bits per heavy atom. The zero-order valence-corrected chi connectivity index (χ0v) is 21.1. The topological polar surface area (TPSA) is 126 Å². The number of urea groups is 1. The largest absolute Gasteiger partial charge is 0.389 e. The van der Waals surface area contributed by atoms with Gasteiger partial charge in [-0.3, -0.25) is 9.59 Å². The molecule has 4 rings (SSSR count). The van der Waals surface area contributed by atoms with Crippen LogP contribution < -0.4 is 16.2 Å². The highest BCUT2D eigenvalue weighted by Gasteiger charge is 2.30. The van der Waals surface area contributed by atoms with E-state index in [1.54, 1.807) is 12.1 Å². The molecule has 2 unspecified atom stereocenters. The summed E-state index contributed by atoms with van der Waals surface area (Å²) in [6, 6.07) is 12.7. The van der Waals surface area contributed by atoms with E-state index < -0.39 is 29.9 Å². The van der Waals surface area contributed by atoms with Crippen LogP contribution in [0.15, 0.2) is 71.2 Å². The lowest BCUT2D eigenvalue weighted by molar-refractivity contribution is -0.113. The van der Waals surface area contributed by atoms with Crippen molar-refractivity contribution in [3.05, 3.63) is 93.7 Å². The average molecular weight is 522 g/mol. The molecule has 0 spiro atoms. The summed E-state index contributed by atoms with van der Waals surface area (Å²) in [4.78, 5) is 39.2. The van der Waals surface area contributed by atoms with Gasteiger partial charge in [0.2, 0.25) is 0 Å². The van der Waals surface area contributed by atoms with E-state index in [2.05, 4.69) is 15.7 Å². The van der Waals surface area contributed by atoms with Crippen LogP contribution in [0.2, 0.25) is 0 Å². The molecule has 0 saturated heterocycles. The normalized spacial score (nSPS) is 16.0. The van der Waals surface area contributed by atoms with Crippen LogP contribution in [0.4, 0.5) is 14.9 Å². The number of halogens is 1. The van der Waals surface area contributed by atoms with Crippen LogP contribution in [0.3, 0.4) is 0 Å². The van der Waals surface area contributed by atoms with Crippen molar-refractivity contribution in [2.75, 3.05) is 26.1 Å². The van der Waals surface area contributed by atoms with E-state index in [1.165, 1.54) is 55.6 Å². The lowest BCUT2D eigenvalue weighted by atomic mass is 9.97. The number of ether oxygens (including phenoxy) is 1. The summed E-state index contributed by atoms with van der Waals surface area (Å²) < 4.78 is 19.6. The number of benzene rings is 2. The zero-order chi connectivity index (χ0) is 27.4. The summed E-state index contributed by atoms with van der Waals surface area (Å²) in [6.07, 6.45) is 0.550. The van der Waals surface area contributed by atoms with Gasteiger partial charge < -0.3 is 25.4 Å². The van der Waals surface area contributed by atoms with Crippen molar-refractivity contribution in [2.24, 2.45) is 0 Å². The van der Waals surface area contributed by atoms with Crippen LogP contribution in [-0.4, -0.2) is 58.6 Å². The van der Waals surface area contributed by atoms with Gasteiger partial charge in [-0.25, -0.2) is 13.9 Å². The smallest absolute Gasteiger partial charge is 0.321 e. The van der Waals surface area contributed by atoms with E-state index in [9.17, 15) is 23.9 Å². The molecule has 1 aliphatic heterocycles. The highest BCUT2D eigenvalue weighted by atomic mass is 19.1. The molecule has 1 aromatic heterocycles. The molecule has 0 saturated carbocycles. The van der Waals surface area contributed by atoms with Crippen molar-refractivity contribution in [3.8, 4) is 11.3 Å². The molecule has 11 heteroatoms. The lowest BCUT2D eigenvalue weighted by Gasteiger charge is -2.30. The maximum atomic E-state index is 13.5. The van der Waals surface area contributed by atoms with Crippen molar-refractivity contribution in [1.29, 1.82) is 0 Å². The predicted molar refractivity (Wildman–Crippen MR) is 139 cm³/mol. The van der Waals surface area contributed by atoms with Gasteiger partial charge >= 0.3 is 6.03 Å². The maximum Gasteiger partial charge on any atom is 0.321 e. The van der Waals surface area contributed by atoms with Crippen molar-refractivity contribution >= 4 is 17.6 Å². The Bertz CT molecular complexity index is 1440. The lowest BCUT2D eigenvalue weighted by Crippen LogP contribution is -2.44. The predicted octanol–water partition coefficient (Wildman–Crippen LogP) is 2.58. The summed E-state index contributed by atoms with van der Waals surface area (Å²) in [5, 5.41) is 20.0. The molecule has 38 heavy (non-hydrogen) atoms. The fourth-order valence-corrected chi connectivity index (χ4v) is 4.04. The van der Waals surface area contributed by atoms with E-state index in [1.807, 2.05) is 19.1 Å². The number of amides is 3. The monoisotopic (exact) mass is 521 g/mol. The fraction of sp³-hybridized carbons (Fsp3) is 0.259. The quantitative estimate of drug-likeness (QED) is 0.418. The van der Waals surface area contributed by atoms with Gasteiger partial charge in [0, 0.05) is 37.7 Å². The maximum absolute atomic E-state index is 13.5. The molecule has 3 N–H and O–H groups in total. The van der Waals surface area contributed by atoms with E-state index in [0.717, 1.165) is 10.2 Å². The first-order chi connectivity index (χ1) is 18.2. The number of aryl methyl sites for hydroxylation is 1. The van der Waals surface area contributed by atoms with Gasteiger partial charge in [-0.05, 0) is 42.3 Å². The van der Waals surface area contributed by atoms with Gasteiger partial charge in [0.05, 0.1) is 36.6 Å². The highest BCUT2D eigenvalue weighted by molar-refractivity contribution is 6.06. The van der Waals surface area contributed by atoms with Crippen LogP contribution >= 0.6 is 0 Å². The fourth-order valence-electron chi connectivity index (χ4n) is 4.04. The minimum Gasteiger partial charge on any atom is -0.389 e. The number of hydrogen-bond donors (Lipinski definition) is 3. The Kier molecular flexibility index (Phi) is 7.99. The molecule has 1 aliphatic rings. The molecule has 2 heterocycles. The summed E-state index contributed by atoms with van der Waals surface area (Å²) >= 11 is 0. The minimum atomic E-state index is -0.898. The SMILES string of the molecule is COCC(O)Cn1nc(-c2ccc(C)c(NC(=O)C3=CN(C)C(=O)NC3c3ccc(F)cc3)c2)ccc1=O. The molecule has 0 bridgehead atoms. The van der Waals surface area contributed by atoms with Crippen molar-refractivity contribution in [3.63, 3.8) is 0 Å². The molecular weight excluding hydrogens is 493 g/mol. The van der Waals surface area contributed by atoms with Gasteiger partial charge in [0.1, 0.15) is 5.82 Å². The molecule has 2 atom stereocenters. The number of nitrogens with one attached hydrogen (secondary N) is 2. The standard InChI is InChI=1S/C27H28FN5O5/c1-16-4-5-18(22-10-11-24(35)33(31-22)13-20(34)15-38-3)12-23(16)29-26(36)21-14-32(2)27(37)30-25(21)17-6-8-19(28)9-7-17/h4-12,14,20,25,34H,13,15H2,1-3H3,(H,29,36)(H,30,37). The van der Waals surface area contributed by atoms with Crippen LogP contribution in [0.1, 0.15) is 17.2 Å².